The molecule has 2 atom stereocenters. The molecule has 6 nitrogen and oxygen atoms in total. The second kappa shape index (κ2) is 57.4. The predicted molar refractivity (Wildman–Crippen MR) is 296 cm³/mol. The minimum atomic E-state index is -0.864. The fourth-order valence-electron chi connectivity index (χ4n) is 8.95. The molecule has 0 aromatic heterocycles. The molecule has 2 unspecified atom stereocenters. The van der Waals surface area contributed by atoms with E-state index in [4.69, 9.17) is 4.74 Å². The fourth-order valence-corrected chi connectivity index (χ4v) is 8.95. The quantitative estimate of drug-likeness (QED) is 0.0321. The van der Waals surface area contributed by atoms with E-state index in [2.05, 4.69) is 55.6 Å². The molecular formula is C62H115NO5. The van der Waals surface area contributed by atoms with Gasteiger partial charge in [-0.1, -0.05) is 249 Å². The Morgan fingerprint density at radius 1 is 0.412 bits per heavy atom. The van der Waals surface area contributed by atoms with Crippen molar-refractivity contribution in [2.45, 2.75) is 321 Å². The van der Waals surface area contributed by atoms with Gasteiger partial charge in [-0.2, -0.15) is 0 Å². The zero-order chi connectivity index (χ0) is 49.3. The zero-order valence-corrected chi connectivity index (χ0v) is 45.3. The van der Waals surface area contributed by atoms with Crippen LogP contribution in [0.2, 0.25) is 0 Å². The Bertz CT molecular complexity index is 1150. The Hall–Kier alpha value is -2.18. The van der Waals surface area contributed by atoms with Crippen LogP contribution in [0.15, 0.2) is 48.6 Å². The SMILES string of the molecule is CCCCCC/C=C\C/C=C\CCCCCCCC(=O)OCCCCC/C=C\CCCCCCCC(=O)NC(CO)C(O)/C=C/CCCCCCCCCCCCCCCCCCCCCCC. The molecule has 6 heteroatoms. The molecule has 0 heterocycles. The molecule has 0 aromatic rings. The molecular weight excluding hydrogens is 839 g/mol. The molecule has 1 amide bonds. The average molecular weight is 955 g/mol. The van der Waals surface area contributed by atoms with Gasteiger partial charge in [-0.05, 0) is 96.3 Å². The predicted octanol–water partition coefficient (Wildman–Crippen LogP) is 18.6. The summed E-state index contributed by atoms with van der Waals surface area (Å²) in [6.07, 6.45) is 72.8. The summed E-state index contributed by atoms with van der Waals surface area (Å²) < 4.78 is 5.45. The Morgan fingerprint density at radius 3 is 1.15 bits per heavy atom. The van der Waals surface area contributed by atoms with Gasteiger partial charge in [0.15, 0.2) is 0 Å². The van der Waals surface area contributed by atoms with Crippen molar-refractivity contribution in [2.24, 2.45) is 0 Å². The lowest BCUT2D eigenvalue weighted by Crippen LogP contribution is -2.45. The van der Waals surface area contributed by atoms with Gasteiger partial charge in [-0.25, -0.2) is 0 Å². The first-order chi connectivity index (χ1) is 33.5. The average Bonchev–Trinajstić information content (AvgIpc) is 3.34. The van der Waals surface area contributed by atoms with Crippen molar-refractivity contribution in [3.63, 3.8) is 0 Å². The first kappa shape index (κ1) is 65.8. The Kier molecular flexibility index (Phi) is 55.6. The minimum absolute atomic E-state index is 0.0378. The van der Waals surface area contributed by atoms with Gasteiger partial charge in [0.1, 0.15) is 0 Å². The lowest BCUT2D eigenvalue weighted by molar-refractivity contribution is -0.143. The van der Waals surface area contributed by atoms with Crippen LogP contribution in [0.1, 0.15) is 309 Å². The molecule has 68 heavy (non-hydrogen) atoms. The third-order valence-corrected chi connectivity index (χ3v) is 13.6. The van der Waals surface area contributed by atoms with Gasteiger partial charge in [0.2, 0.25) is 5.91 Å². The summed E-state index contributed by atoms with van der Waals surface area (Å²) in [5.74, 6) is -0.131. The molecule has 0 saturated carbocycles. The normalized spacial score (nSPS) is 12.9. The Morgan fingerprint density at radius 2 is 0.735 bits per heavy atom. The van der Waals surface area contributed by atoms with Crippen LogP contribution in [0, 0.1) is 0 Å². The largest absolute Gasteiger partial charge is 0.466 e. The topological polar surface area (TPSA) is 95.9 Å². The number of ether oxygens (including phenoxy) is 1. The molecule has 0 bridgehead atoms. The van der Waals surface area contributed by atoms with Gasteiger partial charge in [0.05, 0.1) is 25.4 Å². The first-order valence-corrected chi connectivity index (χ1v) is 29.9. The van der Waals surface area contributed by atoms with Gasteiger partial charge in [0.25, 0.3) is 0 Å². The number of rotatable bonds is 55. The van der Waals surface area contributed by atoms with Crippen LogP contribution in [0.5, 0.6) is 0 Å². The standard InChI is InChI=1S/C62H115NO5/c1-3-5-7-9-11-13-15-17-19-21-22-23-24-25-26-27-28-30-34-38-42-46-50-54-60(65)59(58-64)63-61(66)55-51-47-43-39-35-32-33-37-41-45-49-53-57-68-62(67)56-52-48-44-40-36-31-29-20-18-16-14-12-10-8-6-4-2/h14,16,20,29,33,37,50,54,59-60,64-65H,3-13,15,17-19,21-28,30-32,34-36,38-49,51-53,55-58H2,1-2H3,(H,63,66)/b16-14-,29-20-,37-33-,54-50+. The van der Waals surface area contributed by atoms with Crippen molar-refractivity contribution < 1.29 is 24.5 Å². The lowest BCUT2D eigenvalue weighted by atomic mass is 10.0. The number of unbranched alkanes of at least 4 members (excludes halogenated alkanes) is 38. The third-order valence-electron chi connectivity index (χ3n) is 13.6. The van der Waals surface area contributed by atoms with E-state index in [1.165, 1.54) is 180 Å². The van der Waals surface area contributed by atoms with E-state index in [-0.39, 0.29) is 18.5 Å². The molecule has 398 valence electrons. The number of nitrogens with one attached hydrogen (secondary N) is 1. The molecule has 0 aliphatic heterocycles. The smallest absolute Gasteiger partial charge is 0.305 e. The van der Waals surface area contributed by atoms with E-state index in [1.807, 2.05) is 6.08 Å². The van der Waals surface area contributed by atoms with Crippen LogP contribution in [-0.4, -0.2) is 47.4 Å². The zero-order valence-electron chi connectivity index (χ0n) is 45.3. The second-order valence-corrected chi connectivity index (χ2v) is 20.3. The summed E-state index contributed by atoms with van der Waals surface area (Å²) >= 11 is 0. The molecule has 0 aliphatic rings. The highest BCUT2D eigenvalue weighted by Gasteiger charge is 2.18. The van der Waals surface area contributed by atoms with E-state index in [1.54, 1.807) is 6.08 Å². The van der Waals surface area contributed by atoms with Crippen LogP contribution in [0.25, 0.3) is 0 Å². The van der Waals surface area contributed by atoms with Crippen molar-refractivity contribution in [3.05, 3.63) is 48.6 Å². The minimum Gasteiger partial charge on any atom is -0.466 e. The van der Waals surface area contributed by atoms with E-state index >= 15 is 0 Å². The fraction of sp³-hybridized carbons (Fsp3) is 0.839. The van der Waals surface area contributed by atoms with Gasteiger partial charge in [-0.15, -0.1) is 0 Å². The van der Waals surface area contributed by atoms with E-state index < -0.39 is 12.1 Å². The highest BCUT2D eigenvalue weighted by Crippen LogP contribution is 2.16. The third kappa shape index (κ3) is 53.2. The number of esters is 1. The Balaban J connectivity index is 3.54. The number of carbonyl (C=O) groups is 2. The van der Waals surface area contributed by atoms with Gasteiger partial charge < -0.3 is 20.3 Å². The number of hydrogen-bond donors (Lipinski definition) is 3. The van der Waals surface area contributed by atoms with E-state index in [9.17, 15) is 19.8 Å². The van der Waals surface area contributed by atoms with Gasteiger partial charge in [0, 0.05) is 12.8 Å². The maximum absolute atomic E-state index is 12.5. The molecule has 0 radical (unpaired) electrons. The van der Waals surface area contributed by atoms with Crippen LogP contribution in [0.3, 0.4) is 0 Å². The number of carbonyl (C=O) groups excluding carboxylic acids is 2. The molecule has 0 aliphatic carbocycles. The van der Waals surface area contributed by atoms with Crippen LogP contribution in [-0.2, 0) is 14.3 Å². The second-order valence-electron chi connectivity index (χ2n) is 20.3. The van der Waals surface area contributed by atoms with Crippen LogP contribution >= 0.6 is 0 Å². The number of allylic oxidation sites excluding steroid dienone is 7. The number of amides is 1. The van der Waals surface area contributed by atoms with Crippen molar-refractivity contribution in [1.82, 2.24) is 5.32 Å². The summed E-state index contributed by atoms with van der Waals surface area (Å²) in [6.45, 7) is 4.83. The molecule has 0 fully saturated rings. The molecule has 3 N–H and O–H groups in total. The van der Waals surface area contributed by atoms with Crippen molar-refractivity contribution in [1.29, 1.82) is 0 Å². The summed E-state index contributed by atoms with van der Waals surface area (Å²) in [6, 6.07) is -0.650. The maximum atomic E-state index is 12.5. The van der Waals surface area contributed by atoms with Crippen LogP contribution < -0.4 is 5.32 Å². The number of hydrogen-bond acceptors (Lipinski definition) is 5. The van der Waals surface area contributed by atoms with Gasteiger partial charge >= 0.3 is 5.97 Å². The van der Waals surface area contributed by atoms with Crippen molar-refractivity contribution in [3.8, 4) is 0 Å². The monoisotopic (exact) mass is 954 g/mol. The number of aliphatic hydroxyl groups is 2. The van der Waals surface area contributed by atoms with Gasteiger partial charge in [-0.3, -0.25) is 9.59 Å². The molecule has 0 saturated heterocycles. The molecule has 0 aromatic carbocycles. The summed E-state index contributed by atoms with van der Waals surface area (Å²) in [5.41, 5.74) is 0. The highest BCUT2D eigenvalue weighted by atomic mass is 16.5. The highest BCUT2D eigenvalue weighted by molar-refractivity contribution is 5.76. The van der Waals surface area contributed by atoms with E-state index in [0.717, 1.165) is 103 Å². The number of aliphatic hydroxyl groups excluding tert-OH is 2. The summed E-state index contributed by atoms with van der Waals surface area (Å²) in [5, 5.41) is 23.2. The molecule has 0 spiro atoms. The maximum Gasteiger partial charge on any atom is 0.305 e. The van der Waals surface area contributed by atoms with E-state index in [0.29, 0.717) is 19.4 Å². The van der Waals surface area contributed by atoms with Crippen molar-refractivity contribution in [2.75, 3.05) is 13.2 Å². The van der Waals surface area contributed by atoms with Crippen LogP contribution in [0.4, 0.5) is 0 Å². The van der Waals surface area contributed by atoms with Crippen molar-refractivity contribution >= 4 is 11.9 Å². The summed E-state index contributed by atoms with van der Waals surface area (Å²) in [7, 11) is 0. The summed E-state index contributed by atoms with van der Waals surface area (Å²) in [4.78, 5) is 24.5. The first-order valence-electron chi connectivity index (χ1n) is 29.9. The molecule has 0 rings (SSSR count). The lowest BCUT2D eigenvalue weighted by Gasteiger charge is -2.20. The Labute approximate surface area is 423 Å².